The molecule has 0 saturated heterocycles. The van der Waals surface area contributed by atoms with Gasteiger partial charge in [0.15, 0.2) is 18.1 Å². The fourth-order valence-corrected chi connectivity index (χ4v) is 4.43. The van der Waals surface area contributed by atoms with Crippen LogP contribution in [0.4, 0.5) is 0 Å². The minimum absolute atomic E-state index is 0.0484. The summed E-state index contributed by atoms with van der Waals surface area (Å²) in [6.45, 7) is 5.82. The maximum absolute atomic E-state index is 13.2. The molecule has 0 N–H and O–H groups in total. The molecule has 0 spiro atoms. The van der Waals surface area contributed by atoms with Gasteiger partial charge in [-0.1, -0.05) is 46.3 Å². The highest BCUT2D eigenvalue weighted by Crippen LogP contribution is 2.33. The van der Waals surface area contributed by atoms with Gasteiger partial charge >= 0.3 is 0 Å². The van der Waals surface area contributed by atoms with Crippen molar-refractivity contribution in [3.05, 3.63) is 87.9 Å². The SMILES string of the molecule is CCO[C@@H](C)Cc1ccc(OCC(=O)N(Cc2cccc(Br)c2)Cc2ccc3c(c2)OCO3)cc1. The van der Waals surface area contributed by atoms with Crippen molar-refractivity contribution in [2.24, 2.45) is 0 Å². The molecule has 0 radical (unpaired) electrons. The Morgan fingerprint density at radius 2 is 1.69 bits per heavy atom. The van der Waals surface area contributed by atoms with Gasteiger partial charge in [0.1, 0.15) is 5.75 Å². The van der Waals surface area contributed by atoms with Crippen LogP contribution < -0.4 is 14.2 Å². The average Bonchev–Trinajstić information content (AvgIpc) is 3.31. The first-order valence-electron chi connectivity index (χ1n) is 11.7. The first-order chi connectivity index (χ1) is 17.0. The lowest BCUT2D eigenvalue weighted by Crippen LogP contribution is -2.34. The third-order valence-corrected chi connectivity index (χ3v) is 6.18. The standard InChI is InChI=1S/C28H30BrNO5/c1-3-32-20(2)13-21-7-10-25(11-8-21)33-18-28(31)30(16-22-5-4-6-24(29)14-22)17-23-9-12-26-27(15-23)35-19-34-26/h4-12,14-15,20H,3,13,16-19H2,1-2H3/t20-/m0/s1. The summed E-state index contributed by atoms with van der Waals surface area (Å²) in [5.41, 5.74) is 3.16. The van der Waals surface area contributed by atoms with Gasteiger partial charge in [0.2, 0.25) is 6.79 Å². The molecule has 0 aliphatic carbocycles. The molecule has 0 aromatic heterocycles. The van der Waals surface area contributed by atoms with E-state index in [-0.39, 0.29) is 25.4 Å². The number of hydrogen-bond donors (Lipinski definition) is 0. The van der Waals surface area contributed by atoms with Crippen molar-refractivity contribution in [3.8, 4) is 17.2 Å². The van der Waals surface area contributed by atoms with Crippen LogP contribution in [0.1, 0.15) is 30.5 Å². The average molecular weight is 540 g/mol. The Hall–Kier alpha value is -3.03. The van der Waals surface area contributed by atoms with Gasteiger partial charge < -0.3 is 23.8 Å². The van der Waals surface area contributed by atoms with Gasteiger partial charge in [-0.15, -0.1) is 0 Å². The molecule has 1 aliphatic heterocycles. The number of amides is 1. The molecule has 1 amide bonds. The summed E-state index contributed by atoms with van der Waals surface area (Å²) in [6.07, 6.45) is 0.999. The molecule has 0 bridgehead atoms. The molecule has 0 unspecified atom stereocenters. The molecule has 7 heteroatoms. The van der Waals surface area contributed by atoms with Crippen molar-refractivity contribution in [1.82, 2.24) is 4.90 Å². The topological polar surface area (TPSA) is 57.2 Å². The zero-order valence-electron chi connectivity index (χ0n) is 20.0. The van der Waals surface area contributed by atoms with Crippen LogP contribution in [0.3, 0.4) is 0 Å². The van der Waals surface area contributed by atoms with E-state index in [4.69, 9.17) is 18.9 Å². The minimum atomic E-state index is -0.100. The number of nitrogens with zero attached hydrogens (tertiary/aromatic N) is 1. The third-order valence-electron chi connectivity index (χ3n) is 5.69. The van der Waals surface area contributed by atoms with E-state index in [9.17, 15) is 4.79 Å². The number of halogens is 1. The molecule has 4 rings (SSSR count). The highest BCUT2D eigenvalue weighted by Gasteiger charge is 2.19. The molecule has 184 valence electrons. The lowest BCUT2D eigenvalue weighted by molar-refractivity contribution is -0.134. The second-order valence-corrected chi connectivity index (χ2v) is 9.39. The van der Waals surface area contributed by atoms with Crippen LogP contribution >= 0.6 is 15.9 Å². The molecular formula is C28H30BrNO5. The molecule has 0 saturated carbocycles. The monoisotopic (exact) mass is 539 g/mol. The third kappa shape index (κ3) is 7.23. The minimum Gasteiger partial charge on any atom is -0.484 e. The number of carbonyl (C=O) groups is 1. The van der Waals surface area contributed by atoms with E-state index in [2.05, 4.69) is 22.9 Å². The lowest BCUT2D eigenvalue weighted by Gasteiger charge is -2.23. The summed E-state index contributed by atoms with van der Waals surface area (Å²) in [4.78, 5) is 15.0. The molecule has 3 aromatic carbocycles. The summed E-state index contributed by atoms with van der Waals surface area (Å²) in [5.74, 6) is 1.99. The van der Waals surface area contributed by atoms with Crippen LogP contribution in [0.5, 0.6) is 17.2 Å². The van der Waals surface area contributed by atoms with Gasteiger partial charge in [-0.05, 0) is 73.4 Å². The van der Waals surface area contributed by atoms with Crippen molar-refractivity contribution >= 4 is 21.8 Å². The predicted molar refractivity (Wildman–Crippen MR) is 138 cm³/mol. The highest BCUT2D eigenvalue weighted by atomic mass is 79.9. The van der Waals surface area contributed by atoms with Crippen LogP contribution in [0, 0.1) is 0 Å². The lowest BCUT2D eigenvalue weighted by atomic mass is 10.1. The summed E-state index contributed by atoms with van der Waals surface area (Å²) in [7, 11) is 0. The molecule has 1 heterocycles. The largest absolute Gasteiger partial charge is 0.484 e. The number of ether oxygens (including phenoxy) is 4. The normalized spacial score (nSPS) is 12.9. The second kappa shape index (κ2) is 12.1. The van der Waals surface area contributed by atoms with E-state index in [1.54, 1.807) is 4.90 Å². The smallest absolute Gasteiger partial charge is 0.261 e. The van der Waals surface area contributed by atoms with Gasteiger partial charge in [-0.3, -0.25) is 4.79 Å². The fraction of sp³-hybridized carbons (Fsp3) is 0.321. The summed E-state index contributed by atoms with van der Waals surface area (Å²) in [5, 5.41) is 0. The molecule has 3 aromatic rings. The Kier molecular flexibility index (Phi) is 8.66. The predicted octanol–water partition coefficient (Wildman–Crippen LogP) is 5.75. The number of carbonyl (C=O) groups excluding carboxylic acids is 1. The highest BCUT2D eigenvalue weighted by molar-refractivity contribution is 9.10. The number of hydrogen-bond acceptors (Lipinski definition) is 5. The fourth-order valence-electron chi connectivity index (χ4n) is 3.98. The maximum Gasteiger partial charge on any atom is 0.261 e. The Labute approximate surface area is 214 Å². The molecule has 1 atom stereocenters. The molecule has 6 nitrogen and oxygen atoms in total. The Morgan fingerprint density at radius 1 is 0.971 bits per heavy atom. The van der Waals surface area contributed by atoms with E-state index < -0.39 is 0 Å². The number of fused-ring (bicyclic) bond motifs is 1. The molecule has 1 aliphatic rings. The van der Waals surface area contributed by atoms with Crippen molar-refractivity contribution < 1.29 is 23.7 Å². The Bertz CT molecular complexity index is 1130. The van der Waals surface area contributed by atoms with E-state index in [0.717, 1.165) is 27.8 Å². The van der Waals surface area contributed by atoms with Gasteiger partial charge in [0, 0.05) is 24.2 Å². The number of benzene rings is 3. The van der Waals surface area contributed by atoms with Gasteiger partial charge in [-0.25, -0.2) is 0 Å². The summed E-state index contributed by atoms with van der Waals surface area (Å²) >= 11 is 3.51. The van der Waals surface area contributed by atoms with Gasteiger partial charge in [0.05, 0.1) is 6.10 Å². The summed E-state index contributed by atoms with van der Waals surface area (Å²) in [6, 6.07) is 21.5. The molecule has 0 fully saturated rings. The first-order valence-corrected chi connectivity index (χ1v) is 12.5. The van der Waals surface area contributed by atoms with Crippen LogP contribution in [0.15, 0.2) is 71.2 Å². The van der Waals surface area contributed by atoms with E-state index >= 15 is 0 Å². The first kappa shape index (κ1) is 25.1. The van der Waals surface area contributed by atoms with Gasteiger partial charge in [-0.2, -0.15) is 0 Å². The van der Waals surface area contributed by atoms with Gasteiger partial charge in [0.25, 0.3) is 5.91 Å². The quantitative estimate of drug-likeness (QED) is 0.310. The van der Waals surface area contributed by atoms with Crippen molar-refractivity contribution in [1.29, 1.82) is 0 Å². The Balaban J connectivity index is 1.41. The van der Waals surface area contributed by atoms with Crippen LogP contribution in [0.2, 0.25) is 0 Å². The van der Waals surface area contributed by atoms with Crippen molar-refractivity contribution in [2.45, 2.75) is 39.5 Å². The summed E-state index contributed by atoms with van der Waals surface area (Å²) < 4.78 is 23.3. The zero-order valence-corrected chi connectivity index (χ0v) is 21.6. The van der Waals surface area contributed by atoms with E-state index in [0.29, 0.717) is 31.2 Å². The Morgan fingerprint density at radius 3 is 2.43 bits per heavy atom. The molecular weight excluding hydrogens is 510 g/mol. The maximum atomic E-state index is 13.2. The van der Waals surface area contributed by atoms with E-state index in [1.807, 2.05) is 73.7 Å². The van der Waals surface area contributed by atoms with Crippen LogP contribution in [-0.4, -0.2) is 36.9 Å². The van der Waals surface area contributed by atoms with Crippen LogP contribution in [-0.2, 0) is 29.0 Å². The zero-order chi connectivity index (χ0) is 24.6. The second-order valence-electron chi connectivity index (χ2n) is 8.47. The van der Waals surface area contributed by atoms with E-state index in [1.165, 1.54) is 5.56 Å². The van der Waals surface area contributed by atoms with Crippen molar-refractivity contribution in [2.75, 3.05) is 20.0 Å². The van der Waals surface area contributed by atoms with Crippen molar-refractivity contribution in [3.63, 3.8) is 0 Å². The van der Waals surface area contributed by atoms with Crippen LogP contribution in [0.25, 0.3) is 0 Å². The molecule has 35 heavy (non-hydrogen) atoms. The number of rotatable bonds is 11.